The summed E-state index contributed by atoms with van der Waals surface area (Å²) < 4.78 is 7.45. The minimum atomic E-state index is 0.460. The van der Waals surface area contributed by atoms with Crippen LogP contribution >= 0.6 is 31.9 Å². The number of pyridine rings is 1. The highest BCUT2D eigenvalue weighted by Crippen LogP contribution is 2.20. The first kappa shape index (κ1) is 12.4. The van der Waals surface area contributed by atoms with Crippen LogP contribution in [0.4, 0.5) is 5.69 Å². The maximum absolute atomic E-state index is 5.75. The van der Waals surface area contributed by atoms with Crippen LogP contribution in [0.3, 0.4) is 0 Å². The highest BCUT2D eigenvalue weighted by atomic mass is 79.9. The zero-order valence-corrected chi connectivity index (χ0v) is 12.0. The van der Waals surface area contributed by atoms with E-state index in [-0.39, 0.29) is 0 Å². The predicted molar refractivity (Wildman–Crippen MR) is 74.8 cm³/mol. The van der Waals surface area contributed by atoms with Gasteiger partial charge in [-0.05, 0) is 45.8 Å². The van der Waals surface area contributed by atoms with Crippen LogP contribution in [0.5, 0.6) is 5.75 Å². The molecule has 88 valence electrons. The van der Waals surface area contributed by atoms with Crippen LogP contribution in [0.2, 0.25) is 0 Å². The van der Waals surface area contributed by atoms with Crippen molar-refractivity contribution in [2.75, 3.05) is 5.73 Å². The summed E-state index contributed by atoms with van der Waals surface area (Å²) in [7, 11) is 0. The van der Waals surface area contributed by atoms with E-state index in [0.717, 1.165) is 20.3 Å². The lowest BCUT2D eigenvalue weighted by Gasteiger charge is -2.07. The van der Waals surface area contributed by atoms with E-state index in [1.807, 2.05) is 24.3 Å². The van der Waals surface area contributed by atoms with Gasteiger partial charge in [0.2, 0.25) is 0 Å². The third-order valence-electron chi connectivity index (χ3n) is 2.07. The average molecular weight is 358 g/mol. The Labute approximate surface area is 116 Å². The highest BCUT2D eigenvalue weighted by Gasteiger charge is 2.00. The first-order valence-corrected chi connectivity index (χ1v) is 6.50. The molecule has 0 radical (unpaired) electrons. The van der Waals surface area contributed by atoms with Crippen LogP contribution < -0.4 is 10.5 Å². The van der Waals surface area contributed by atoms with Gasteiger partial charge in [-0.2, -0.15) is 0 Å². The van der Waals surface area contributed by atoms with Crippen LogP contribution in [0.1, 0.15) is 5.56 Å². The van der Waals surface area contributed by atoms with Gasteiger partial charge in [0.25, 0.3) is 0 Å². The molecule has 3 nitrogen and oxygen atoms in total. The number of nitrogen functional groups attached to an aromatic ring is 1. The summed E-state index contributed by atoms with van der Waals surface area (Å²) in [5, 5.41) is 0. The quantitative estimate of drug-likeness (QED) is 0.850. The molecule has 2 rings (SSSR count). The van der Waals surface area contributed by atoms with Crippen molar-refractivity contribution in [2.24, 2.45) is 0 Å². The lowest BCUT2D eigenvalue weighted by atomic mass is 10.2. The second kappa shape index (κ2) is 5.51. The molecule has 1 aromatic heterocycles. The number of nitrogens with two attached hydrogens (primary N) is 1. The molecule has 0 saturated carbocycles. The molecule has 1 heterocycles. The normalized spacial score (nSPS) is 10.2. The van der Waals surface area contributed by atoms with Gasteiger partial charge in [-0.3, -0.25) is 4.98 Å². The van der Waals surface area contributed by atoms with E-state index in [2.05, 4.69) is 36.8 Å². The van der Waals surface area contributed by atoms with E-state index in [4.69, 9.17) is 10.5 Å². The van der Waals surface area contributed by atoms with Gasteiger partial charge in [-0.25, -0.2) is 0 Å². The predicted octanol–water partition coefficient (Wildman–Crippen LogP) is 3.77. The second-order valence-electron chi connectivity index (χ2n) is 3.52. The van der Waals surface area contributed by atoms with Crippen molar-refractivity contribution < 1.29 is 4.74 Å². The van der Waals surface area contributed by atoms with Crippen molar-refractivity contribution in [2.45, 2.75) is 6.61 Å². The van der Waals surface area contributed by atoms with Gasteiger partial charge in [-0.15, -0.1) is 0 Å². The molecule has 0 atom stereocenters. The van der Waals surface area contributed by atoms with E-state index < -0.39 is 0 Å². The molecule has 0 unspecified atom stereocenters. The standard InChI is InChI=1S/C12H10Br2N2O/c13-9-1-8(2-11(15)3-9)7-17-12-4-10(14)5-16-6-12/h1-6H,7,15H2. The summed E-state index contributed by atoms with van der Waals surface area (Å²) in [5.41, 5.74) is 7.47. The number of nitrogens with zero attached hydrogens (tertiary/aromatic N) is 1. The maximum Gasteiger partial charge on any atom is 0.139 e. The van der Waals surface area contributed by atoms with E-state index in [0.29, 0.717) is 12.3 Å². The Balaban J connectivity index is 2.07. The average Bonchev–Trinajstić information content (AvgIpc) is 2.25. The minimum Gasteiger partial charge on any atom is -0.487 e. The van der Waals surface area contributed by atoms with Gasteiger partial charge in [-0.1, -0.05) is 15.9 Å². The van der Waals surface area contributed by atoms with E-state index >= 15 is 0 Å². The molecule has 5 heteroatoms. The zero-order valence-electron chi connectivity index (χ0n) is 8.86. The summed E-state index contributed by atoms with van der Waals surface area (Å²) in [6.07, 6.45) is 3.38. The van der Waals surface area contributed by atoms with E-state index in [9.17, 15) is 0 Å². The number of aromatic nitrogens is 1. The molecule has 0 amide bonds. The first-order valence-electron chi connectivity index (χ1n) is 4.92. The smallest absolute Gasteiger partial charge is 0.139 e. The van der Waals surface area contributed by atoms with Crippen molar-refractivity contribution in [3.05, 3.63) is 51.2 Å². The fourth-order valence-corrected chi connectivity index (χ4v) is 2.30. The molecule has 0 fully saturated rings. The van der Waals surface area contributed by atoms with Gasteiger partial charge in [0, 0.05) is 20.8 Å². The number of hydrogen-bond donors (Lipinski definition) is 1. The largest absolute Gasteiger partial charge is 0.487 e. The summed E-state index contributed by atoms with van der Waals surface area (Å²) in [6, 6.07) is 7.58. The molecule has 1 aromatic carbocycles. The lowest BCUT2D eigenvalue weighted by Crippen LogP contribution is -1.97. The van der Waals surface area contributed by atoms with Gasteiger partial charge in [0.15, 0.2) is 0 Å². The Bertz CT molecular complexity index is 511. The molecule has 2 aromatic rings. The molecule has 17 heavy (non-hydrogen) atoms. The number of anilines is 1. The van der Waals surface area contributed by atoms with Gasteiger partial charge in [0.05, 0.1) is 6.20 Å². The lowest BCUT2D eigenvalue weighted by molar-refractivity contribution is 0.305. The van der Waals surface area contributed by atoms with Gasteiger partial charge < -0.3 is 10.5 Å². The Morgan fingerprint density at radius 3 is 2.59 bits per heavy atom. The van der Waals surface area contributed by atoms with E-state index in [1.165, 1.54) is 0 Å². The Kier molecular flexibility index (Phi) is 4.02. The summed E-state index contributed by atoms with van der Waals surface area (Å²) in [6.45, 7) is 0.460. The number of halogens is 2. The highest BCUT2D eigenvalue weighted by molar-refractivity contribution is 9.10. The van der Waals surface area contributed by atoms with Crippen molar-refractivity contribution >= 4 is 37.5 Å². The SMILES string of the molecule is Nc1cc(Br)cc(COc2cncc(Br)c2)c1. The van der Waals surface area contributed by atoms with Crippen LogP contribution in [0.25, 0.3) is 0 Å². The van der Waals surface area contributed by atoms with Crippen LogP contribution in [-0.4, -0.2) is 4.98 Å². The van der Waals surface area contributed by atoms with E-state index in [1.54, 1.807) is 12.4 Å². The summed E-state index contributed by atoms with van der Waals surface area (Å²) in [5.74, 6) is 0.720. The molecule has 2 N–H and O–H groups in total. The van der Waals surface area contributed by atoms with Gasteiger partial charge >= 0.3 is 0 Å². The Hall–Kier alpha value is -1.07. The molecule has 0 spiro atoms. The summed E-state index contributed by atoms with van der Waals surface area (Å²) >= 11 is 6.74. The van der Waals surface area contributed by atoms with Crippen LogP contribution in [-0.2, 0) is 6.61 Å². The van der Waals surface area contributed by atoms with Crippen molar-refractivity contribution in [3.63, 3.8) is 0 Å². The Morgan fingerprint density at radius 1 is 1.06 bits per heavy atom. The number of benzene rings is 1. The van der Waals surface area contributed by atoms with Crippen molar-refractivity contribution in [3.8, 4) is 5.75 Å². The maximum atomic E-state index is 5.75. The summed E-state index contributed by atoms with van der Waals surface area (Å²) in [4.78, 5) is 4.03. The fraction of sp³-hybridized carbons (Fsp3) is 0.0833. The first-order chi connectivity index (χ1) is 8.13. The third-order valence-corrected chi connectivity index (χ3v) is 2.96. The molecule has 0 aliphatic carbocycles. The molecular weight excluding hydrogens is 348 g/mol. The molecule has 0 saturated heterocycles. The number of hydrogen-bond acceptors (Lipinski definition) is 3. The van der Waals surface area contributed by atoms with Crippen LogP contribution in [0.15, 0.2) is 45.6 Å². The Morgan fingerprint density at radius 2 is 1.88 bits per heavy atom. The van der Waals surface area contributed by atoms with Crippen molar-refractivity contribution in [1.82, 2.24) is 4.98 Å². The number of ether oxygens (including phenoxy) is 1. The third kappa shape index (κ3) is 3.71. The minimum absolute atomic E-state index is 0.460. The fourth-order valence-electron chi connectivity index (χ4n) is 1.40. The molecule has 0 aliphatic heterocycles. The van der Waals surface area contributed by atoms with Crippen LogP contribution in [0, 0.1) is 0 Å². The van der Waals surface area contributed by atoms with Crippen molar-refractivity contribution in [1.29, 1.82) is 0 Å². The topological polar surface area (TPSA) is 48.1 Å². The zero-order chi connectivity index (χ0) is 12.3. The molecule has 0 aliphatic rings. The monoisotopic (exact) mass is 356 g/mol. The molecule has 0 bridgehead atoms. The second-order valence-corrected chi connectivity index (χ2v) is 5.35. The number of rotatable bonds is 3. The molecular formula is C12H10Br2N2O. The van der Waals surface area contributed by atoms with Gasteiger partial charge in [0.1, 0.15) is 12.4 Å².